The van der Waals surface area contributed by atoms with Gasteiger partial charge in [-0.15, -0.1) is 0 Å². The van der Waals surface area contributed by atoms with E-state index in [1.165, 1.54) is 38.5 Å². The van der Waals surface area contributed by atoms with Crippen LogP contribution in [0.5, 0.6) is 0 Å². The molecule has 0 unspecified atom stereocenters. The van der Waals surface area contributed by atoms with Crippen LogP contribution in [0.25, 0.3) is 0 Å². The molecule has 1 aliphatic carbocycles. The van der Waals surface area contributed by atoms with E-state index in [1.54, 1.807) is 0 Å². The highest BCUT2D eigenvalue weighted by Crippen LogP contribution is 2.17. The third-order valence-electron chi connectivity index (χ3n) is 2.62. The molecule has 0 spiro atoms. The van der Waals surface area contributed by atoms with E-state index in [9.17, 15) is 8.42 Å². The molecule has 1 aliphatic rings. The zero-order chi connectivity index (χ0) is 11.1. The van der Waals surface area contributed by atoms with Gasteiger partial charge in [0.1, 0.15) is 0 Å². The van der Waals surface area contributed by atoms with Gasteiger partial charge in [-0.05, 0) is 23.6 Å². The molecule has 0 aromatic carbocycles. The Bertz CT molecular complexity index is 259. The van der Waals surface area contributed by atoms with Crippen molar-refractivity contribution in [2.75, 3.05) is 12.3 Å². The van der Waals surface area contributed by atoms with Gasteiger partial charge >= 0.3 is 9.15 Å². The lowest BCUT2D eigenvalue weighted by molar-refractivity contribution is 0.474. The Morgan fingerprint density at radius 2 is 1.80 bits per heavy atom. The Balaban J connectivity index is 2.08. The maximum atomic E-state index is 10.4. The second-order valence-corrected chi connectivity index (χ2v) is 7.36. The van der Waals surface area contributed by atoms with Crippen LogP contribution in [0.1, 0.15) is 38.5 Å². The maximum Gasteiger partial charge on any atom is 0.319 e. The number of rotatable bonds is 5. The van der Waals surface area contributed by atoms with Crippen LogP contribution in [-0.2, 0) is 9.15 Å². The first-order valence-electron chi connectivity index (χ1n) is 5.43. The van der Waals surface area contributed by atoms with Crippen LogP contribution < -0.4 is 5.32 Å². The molecule has 15 heavy (non-hydrogen) atoms. The molecule has 2 N–H and O–H groups in total. The first-order chi connectivity index (χ1) is 7.08. The van der Waals surface area contributed by atoms with Gasteiger partial charge in [-0.3, -0.25) is 4.55 Å². The first kappa shape index (κ1) is 13.3. The minimum Gasteiger partial charge on any atom is -0.313 e. The fourth-order valence-electron chi connectivity index (χ4n) is 1.89. The van der Waals surface area contributed by atoms with Gasteiger partial charge < -0.3 is 5.32 Å². The summed E-state index contributed by atoms with van der Waals surface area (Å²) in [5, 5.41) is 3.34. The molecule has 0 aromatic rings. The Hall–Kier alpha value is 0.220. The van der Waals surface area contributed by atoms with E-state index >= 15 is 0 Å². The van der Waals surface area contributed by atoms with Crippen molar-refractivity contribution in [3.05, 3.63) is 0 Å². The fourth-order valence-corrected chi connectivity index (χ4v) is 3.19. The molecule has 0 heterocycles. The van der Waals surface area contributed by atoms with Gasteiger partial charge in [-0.2, -0.15) is 8.42 Å². The van der Waals surface area contributed by atoms with E-state index in [4.69, 9.17) is 4.55 Å². The van der Waals surface area contributed by atoms with E-state index in [-0.39, 0.29) is 0 Å². The second-order valence-electron chi connectivity index (χ2n) is 3.89. The van der Waals surface area contributed by atoms with E-state index in [0.29, 0.717) is 29.1 Å². The van der Waals surface area contributed by atoms with Crippen molar-refractivity contribution < 1.29 is 13.0 Å². The summed E-state index contributed by atoms with van der Waals surface area (Å²) in [5.41, 5.74) is 0. The number of nitrogens with one attached hydrogen (secondary N) is 1. The first-order valence-corrected chi connectivity index (χ1v) is 8.37. The van der Waals surface area contributed by atoms with Gasteiger partial charge in [0.25, 0.3) is 0 Å². The molecule has 0 amide bonds. The Kier molecular flexibility index (Phi) is 5.96. The largest absolute Gasteiger partial charge is 0.319 e. The normalized spacial score (nSPS) is 20.1. The van der Waals surface area contributed by atoms with Crippen molar-refractivity contribution in [1.82, 2.24) is 5.32 Å². The van der Waals surface area contributed by atoms with Crippen LogP contribution in [0.15, 0.2) is 0 Å². The predicted molar refractivity (Wildman–Crippen MR) is 63.5 cm³/mol. The molecule has 0 aromatic heterocycles. The van der Waals surface area contributed by atoms with Crippen molar-refractivity contribution >= 4 is 19.9 Å². The highest BCUT2D eigenvalue weighted by Gasteiger charge is 2.11. The van der Waals surface area contributed by atoms with Crippen molar-refractivity contribution in [3.63, 3.8) is 0 Å². The average Bonchev–Trinajstić information content (AvgIpc) is 2.39. The fraction of sp³-hybridized carbons (Fsp3) is 1.00. The van der Waals surface area contributed by atoms with Crippen LogP contribution in [0.4, 0.5) is 0 Å². The summed E-state index contributed by atoms with van der Waals surface area (Å²) in [6.07, 6.45) is 7.55. The van der Waals surface area contributed by atoms with Crippen molar-refractivity contribution in [2.45, 2.75) is 44.6 Å². The van der Waals surface area contributed by atoms with Crippen LogP contribution in [-0.4, -0.2) is 31.3 Å². The molecule has 0 radical (unpaired) electrons. The van der Waals surface area contributed by atoms with Crippen molar-refractivity contribution in [2.24, 2.45) is 0 Å². The number of hydrogen-bond acceptors (Lipinski definition) is 4. The summed E-state index contributed by atoms with van der Waals surface area (Å²) < 4.78 is 29.4. The maximum absolute atomic E-state index is 10.4. The van der Waals surface area contributed by atoms with Crippen molar-refractivity contribution in [3.8, 4) is 0 Å². The Morgan fingerprint density at radius 3 is 2.33 bits per heavy atom. The minimum atomic E-state index is -3.86. The molecule has 90 valence electrons. The summed E-state index contributed by atoms with van der Waals surface area (Å²) in [6, 6.07) is 0.537. The molecular formula is C9H19NO3S2. The lowest BCUT2D eigenvalue weighted by Crippen LogP contribution is -2.30. The summed E-state index contributed by atoms with van der Waals surface area (Å²) in [6.45, 7) is 0.648. The van der Waals surface area contributed by atoms with Gasteiger partial charge in [0.05, 0.1) is 0 Å². The average molecular weight is 253 g/mol. The molecule has 0 aliphatic heterocycles. The summed E-state index contributed by atoms with van der Waals surface area (Å²) >= 11 is 0. The van der Waals surface area contributed by atoms with Crippen LogP contribution in [0, 0.1) is 0 Å². The summed E-state index contributed by atoms with van der Waals surface area (Å²) in [4.78, 5) is 0. The molecule has 0 saturated heterocycles. The van der Waals surface area contributed by atoms with Crippen LogP contribution in [0.2, 0.25) is 0 Å². The molecule has 1 fully saturated rings. The van der Waals surface area contributed by atoms with Gasteiger partial charge in [-0.25, -0.2) is 0 Å². The molecular weight excluding hydrogens is 234 g/mol. The quantitative estimate of drug-likeness (QED) is 0.339. The lowest BCUT2D eigenvalue weighted by atomic mass is 10.1. The smallest absolute Gasteiger partial charge is 0.313 e. The molecule has 4 nitrogen and oxygen atoms in total. The molecule has 0 bridgehead atoms. The van der Waals surface area contributed by atoms with Gasteiger partial charge in [0.15, 0.2) is 0 Å². The van der Waals surface area contributed by atoms with Crippen LogP contribution in [0.3, 0.4) is 0 Å². The molecule has 1 saturated carbocycles. The third kappa shape index (κ3) is 7.16. The number of hydrogen-bond donors (Lipinski definition) is 2. The highest BCUT2D eigenvalue weighted by molar-refractivity contribution is 8.69. The van der Waals surface area contributed by atoms with Gasteiger partial charge in [0, 0.05) is 18.3 Å². The standard InChI is InChI=1S/C9H19NO3S2/c11-15(12,13)14-8-7-10-9-5-3-1-2-4-6-9/h9-10H,1-8H2,(H,11,12,13). The Labute approximate surface area is 95.4 Å². The van der Waals surface area contributed by atoms with E-state index < -0.39 is 9.15 Å². The summed E-state index contributed by atoms with van der Waals surface area (Å²) in [5.74, 6) is 0.412. The zero-order valence-corrected chi connectivity index (χ0v) is 10.4. The molecule has 0 atom stereocenters. The van der Waals surface area contributed by atoms with Crippen molar-refractivity contribution in [1.29, 1.82) is 0 Å². The van der Waals surface area contributed by atoms with Gasteiger partial charge in [-0.1, -0.05) is 25.7 Å². The lowest BCUT2D eigenvalue weighted by Gasteiger charge is -2.15. The van der Waals surface area contributed by atoms with Crippen LogP contribution >= 0.6 is 10.8 Å². The zero-order valence-electron chi connectivity index (χ0n) is 8.81. The highest BCUT2D eigenvalue weighted by atomic mass is 33.1. The summed E-state index contributed by atoms with van der Waals surface area (Å²) in [7, 11) is -3.26. The Morgan fingerprint density at radius 1 is 1.20 bits per heavy atom. The second kappa shape index (κ2) is 6.73. The SMILES string of the molecule is O=S(=O)(O)SCCNC1CCCCCC1. The van der Waals surface area contributed by atoms with E-state index in [1.807, 2.05) is 0 Å². The topological polar surface area (TPSA) is 66.4 Å². The molecule has 1 rings (SSSR count). The predicted octanol–water partition coefficient (Wildman–Crippen LogP) is 1.83. The van der Waals surface area contributed by atoms with E-state index in [0.717, 1.165) is 0 Å². The van der Waals surface area contributed by atoms with E-state index in [2.05, 4.69) is 5.32 Å². The third-order valence-corrected chi connectivity index (χ3v) is 4.68. The monoisotopic (exact) mass is 253 g/mol. The molecule has 6 heteroatoms. The minimum absolute atomic E-state index is 0.412. The van der Waals surface area contributed by atoms with Gasteiger partial charge in [0.2, 0.25) is 0 Å².